The molecule has 0 aromatic heterocycles. The van der Waals surface area contributed by atoms with E-state index in [-0.39, 0.29) is 24.0 Å². The molecule has 3 rings (SSSR count). The molecule has 1 aromatic carbocycles. The number of benzene rings is 1. The van der Waals surface area contributed by atoms with E-state index >= 15 is 0 Å². The number of fused-ring (bicyclic) bond motifs is 1. The quantitative estimate of drug-likeness (QED) is 0.870. The van der Waals surface area contributed by atoms with Crippen LogP contribution in [0, 0.1) is 0 Å². The minimum atomic E-state index is -0.202. The molecule has 114 valence electrons. The van der Waals surface area contributed by atoms with Gasteiger partial charge in [-0.05, 0) is 24.5 Å². The molecule has 3 atom stereocenters. The number of nitrogens with two attached hydrogens (primary N) is 1. The Bertz CT molecular complexity index is 514. The molecule has 1 amide bonds. The Balaban J connectivity index is 1.65. The molecular formula is C16H23N3O2. The number of rotatable bonds is 3. The van der Waals surface area contributed by atoms with Crippen LogP contribution >= 0.6 is 0 Å². The summed E-state index contributed by atoms with van der Waals surface area (Å²) in [6.45, 7) is 4.58. The number of amides is 1. The Morgan fingerprint density at radius 2 is 2.00 bits per heavy atom. The van der Waals surface area contributed by atoms with Gasteiger partial charge in [0.1, 0.15) is 0 Å². The van der Waals surface area contributed by atoms with Gasteiger partial charge < -0.3 is 15.4 Å². The van der Waals surface area contributed by atoms with Crippen LogP contribution in [0.4, 0.5) is 0 Å². The first kappa shape index (κ1) is 14.5. The molecule has 0 bridgehead atoms. The molecule has 0 spiro atoms. The summed E-state index contributed by atoms with van der Waals surface area (Å²) in [5.41, 5.74) is 8.60. The van der Waals surface area contributed by atoms with Gasteiger partial charge in [-0.3, -0.25) is 10.1 Å². The molecule has 1 heterocycles. The van der Waals surface area contributed by atoms with E-state index in [0.717, 1.165) is 6.42 Å². The fourth-order valence-electron chi connectivity index (χ4n) is 3.26. The van der Waals surface area contributed by atoms with Gasteiger partial charge in [-0.1, -0.05) is 24.3 Å². The number of hydrogen-bond donors (Lipinski definition) is 2. The molecule has 2 aliphatic rings. The topological polar surface area (TPSA) is 67.6 Å². The highest BCUT2D eigenvalue weighted by atomic mass is 16.5. The molecule has 21 heavy (non-hydrogen) atoms. The first-order chi connectivity index (χ1) is 10.2. The van der Waals surface area contributed by atoms with Gasteiger partial charge in [-0.15, -0.1) is 0 Å². The van der Waals surface area contributed by atoms with E-state index in [1.165, 1.54) is 11.1 Å². The van der Waals surface area contributed by atoms with Crippen LogP contribution in [0.2, 0.25) is 0 Å². The van der Waals surface area contributed by atoms with Crippen molar-refractivity contribution in [2.24, 2.45) is 5.73 Å². The van der Waals surface area contributed by atoms with E-state index in [9.17, 15) is 4.79 Å². The Hall–Kier alpha value is -1.43. The Morgan fingerprint density at radius 3 is 2.71 bits per heavy atom. The van der Waals surface area contributed by atoms with Crippen molar-refractivity contribution >= 4 is 5.91 Å². The van der Waals surface area contributed by atoms with Crippen LogP contribution in [0.15, 0.2) is 24.3 Å². The fourth-order valence-corrected chi connectivity index (χ4v) is 3.26. The number of nitrogens with zero attached hydrogens (tertiary/aromatic N) is 1. The lowest BCUT2D eigenvalue weighted by atomic mass is 10.1. The van der Waals surface area contributed by atoms with Gasteiger partial charge in [0.05, 0.1) is 19.3 Å². The average Bonchev–Trinajstić information content (AvgIpc) is 2.84. The van der Waals surface area contributed by atoms with E-state index in [4.69, 9.17) is 10.5 Å². The van der Waals surface area contributed by atoms with E-state index in [1.54, 1.807) is 0 Å². The second-order valence-corrected chi connectivity index (χ2v) is 5.85. The lowest BCUT2D eigenvalue weighted by Crippen LogP contribution is -2.49. The van der Waals surface area contributed by atoms with Crippen molar-refractivity contribution in [3.8, 4) is 0 Å². The lowest BCUT2D eigenvalue weighted by molar-refractivity contribution is -0.137. The van der Waals surface area contributed by atoms with Gasteiger partial charge in [-0.25, -0.2) is 0 Å². The van der Waals surface area contributed by atoms with Crippen LogP contribution < -0.4 is 11.1 Å². The molecule has 1 aliphatic heterocycles. The normalized spacial score (nSPS) is 26.5. The number of carbonyl (C=O) groups excluding carboxylic acids is 1. The third kappa shape index (κ3) is 2.95. The van der Waals surface area contributed by atoms with Crippen LogP contribution in [-0.2, 0) is 9.53 Å². The minimum absolute atomic E-state index is 0.0596. The van der Waals surface area contributed by atoms with Gasteiger partial charge in [0.15, 0.2) is 0 Å². The highest BCUT2D eigenvalue weighted by molar-refractivity contribution is 5.81. The van der Waals surface area contributed by atoms with Gasteiger partial charge in [0, 0.05) is 25.2 Å². The summed E-state index contributed by atoms with van der Waals surface area (Å²) < 4.78 is 5.29. The number of carbonyl (C=O) groups is 1. The molecule has 3 unspecified atom stereocenters. The summed E-state index contributed by atoms with van der Waals surface area (Å²) in [6.07, 6.45) is 0.847. The Labute approximate surface area is 125 Å². The summed E-state index contributed by atoms with van der Waals surface area (Å²) in [7, 11) is 0. The van der Waals surface area contributed by atoms with Crippen molar-refractivity contribution in [2.45, 2.75) is 31.5 Å². The van der Waals surface area contributed by atoms with Gasteiger partial charge in [0.25, 0.3) is 0 Å². The highest BCUT2D eigenvalue weighted by Crippen LogP contribution is 2.37. The van der Waals surface area contributed by atoms with Crippen molar-refractivity contribution in [1.82, 2.24) is 10.2 Å². The zero-order valence-electron chi connectivity index (χ0n) is 12.4. The predicted octanol–water partition coefficient (Wildman–Crippen LogP) is 0.968. The molecule has 1 fully saturated rings. The molecule has 1 aliphatic carbocycles. The van der Waals surface area contributed by atoms with E-state index in [0.29, 0.717) is 26.3 Å². The molecule has 1 saturated heterocycles. The third-order valence-corrected chi connectivity index (χ3v) is 4.40. The van der Waals surface area contributed by atoms with Crippen molar-refractivity contribution in [1.29, 1.82) is 0 Å². The van der Waals surface area contributed by atoms with Crippen molar-refractivity contribution in [3.05, 3.63) is 35.4 Å². The molecule has 5 heteroatoms. The predicted molar refractivity (Wildman–Crippen MR) is 80.7 cm³/mol. The van der Waals surface area contributed by atoms with Crippen LogP contribution in [0.25, 0.3) is 0 Å². The molecular weight excluding hydrogens is 266 g/mol. The lowest BCUT2D eigenvalue weighted by Gasteiger charge is -2.30. The van der Waals surface area contributed by atoms with Gasteiger partial charge in [0.2, 0.25) is 5.91 Å². The van der Waals surface area contributed by atoms with Crippen LogP contribution in [0.1, 0.15) is 36.6 Å². The molecule has 0 radical (unpaired) electrons. The van der Waals surface area contributed by atoms with E-state index in [1.807, 2.05) is 24.0 Å². The molecule has 3 N–H and O–H groups in total. The van der Waals surface area contributed by atoms with Crippen LogP contribution in [0.3, 0.4) is 0 Å². The molecule has 0 saturated carbocycles. The first-order valence-corrected chi connectivity index (χ1v) is 7.64. The number of hydrogen-bond acceptors (Lipinski definition) is 4. The summed E-state index contributed by atoms with van der Waals surface area (Å²) in [4.78, 5) is 14.3. The number of morpholine rings is 1. The maximum Gasteiger partial charge on any atom is 0.239 e. The minimum Gasteiger partial charge on any atom is -0.378 e. The average molecular weight is 289 g/mol. The van der Waals surface area contributed by atoms with Crippen LogP contribution in [-0.4, -0.2) is 43.2 Å². The Morgan fingerprint density at radius 1 is 1.33 bits per heavy atom. The van der Waals surface area contributed by atoms with Crippen molar-refractivity contribution in [3.63, 3.8) is 0 Å². The second-order valence-electron chi connectivity index (χ2n) is 5.85. The largest absolute Gasteiger partial charge is 0.378 e. The van der Waals surface area contributed by atoms with E-state index < -0.39 is 0 Å². The zero-order valence-corrected chi connectivity index (χ0v) is 12.4. The molecule has 1 aromatic rings. The third-order valence-electron chi connectivity index (χ3n) is 4.40. The van der Waals surface area contributed by atoms with Crippen molar-refractivity contribution in [2.75, 3.05) is 26.3 Å². The second kappa shape index (κ2) is 6.13. The van der Waals surface area contributed by atoms with Gasteiger partial charge >= 0.3 is 0 Å². The standard InChI is InChI=1S/C16H23N3O2/c1-11(16(20)19-6-8-21-9-7-19)18-15-10-14(17)12-4-2-3-5-13(12)15/h2-5,11,14-15,18H,6-10,17H2,1H3. The number of nitrogens with one attached hydrogen (secondary N) is 1. The maximum atomic E-state index is 12.5. The summed E-state index contributed by atoms with van der Waals surface area (Å²) in [6, 6.07) is 8.25. The van der Waals surface area contributed by atoms with Crippen molar-refractivity contribution < 1.29 is 9.53 Å². The van der Waals surface area contributed by atoms with Gasteiger partial charge in [-0.2, -0.15) is 0 Å². The highest BCUT2D eigenvalue weighted by Gasteiger charge is 2.31. The summed E-state index contributed by atoms with van der Waals surface area (Å²) >= 11 is 0. The zero-order chi connectivity index (χ0) is 14.8. The maximum absolute atomic E-state index is 12.5. The Kier molecular flexibility index (Phi) is 4.24. The number of ether oxygens (including phenoxy) is 1. The first-order valence-electron chi connectivity index (χ1n) is 7.64. The smallest absolute Gasteiger partial charge is 0.239 e. The fraction of sp³-hybridized carbons (Fsp3) is 0.562. The molecule has 5 nitrogen and oxygen atoms in total. The van der Waals surface area contributed by atoms with Crippen LogP contribution in [0.5, 0.6) is 0 Å². The monoisotopic (exact) mass is 289 g/mol. The SMILES string of the molecule is CC(NC1CC(N)c2ccccc21)C(=O)N1CCOCC1. The summed E-state index contributed by atoms with van der Waals surface area (Å²) in [5, 5.41) is 3.45. The summed E-state index contributed by atoms with van der Waals surface area (Å²) in [5.74, 6) is 0.149. The van der Waals surface area contributed by atoms with E-state index in [2.05, 4.69) is 17.4 Å².